The van der Waals surface area contributed by atoms with E-state index in [1.807, 2.05) is 6.66 Å². The van der Waals surface area contributed by atoms with Gasteiger partial charge in [-0.3, -0.25) is 0 Å². The van der Waals surface area contributed by atoms with Crippen molar-refractivity contribution in [2.45, 2.75) is 69.2 Å². The van der Waals surface area contributed by atoms with Gasteiger partial charge >= 0.3 is 230 Å². The van der Waals surface area contributed by atoms with Crippen molar-refractivity contribution in [3.8, 4) is 0 Å². The van der Waals surface area contributed by atoms with E-state index in [9.17, 15) is 0 Å². The van der Waals surface area contributed by atoms with Gasteiger partial charge in [0.05, 0.1) is 0 Å². The van der Waals surface area contributed by atoms with Crippen molar-refractivity contribution in [3.63, 3.8) is 0 Å². The fourth-order valence-electron chi connectivity index (χ4n) is 6.42. The van der Waals surface area contributed by atoms with E-state index >= 15 is 0 Å². The minimum atomic E-state index is -2.68. The van der Waals surface area contributed by atoms with Crippen molar-refractivity contribution in [3.05, 3.63) is 102 Å². The Kier molecular flexibility index (Phi) is 11.1. The molecule has 2 aliphatic carbocycles. The van der Waals surface area contributed by atoms with E-state index in [0.717, 1.165) is 0 Å². The molecule has 4 rings (SSSR count). The smallest absolute Gasteiger partial charge is 1.00 e. The maximum atomic E-state index is 2.62. The fourth-order valence-corrected chi connectivity index (χ4v) is 39.9. The van der Waals surface area contributed by atoms with Gasteiger partial charge in [-0.2, -0.15) is 0 Å². The summed E-state index contributed by atoms with van der Waals surface area (Å²) in [6.45, 7) is 24.3. The topological polar surface area (TPSA) is 0 Å². The van der Waals surface area contributed by atoms with Crippen LogP contribution in [0, 0.1) is 22.7 Å². The van der Waals surface area contributed by atoms with Gasteiger partial charge in [-0.15, -0.1) is 0 Å². The normalized spacial score (nSPS) is 19.3. The zero-order valence-electron chi connectivity index (χ0n) is 24.8. The summed E-state index contributed by atoms with van der Waals surface area (Å²) in [5, 5.41) is 3.20. The molecule has 202 valence electrons. The Hall–Kier alpha value is -0.933. The molecule has 0 heterocycles. The Morgan fingerprint density at radius 2 is 0.895 bits per heavy atom. The predicted octanol–water partition coefficient (Wildman–Crippen LogP) is 2.21. The Morgan fingerprint density at radius 3 is 1.16 bits per heavy atom. The van der Waals surface area contributed by atoms with Crippen LogP contribution in [-0.4, -0.2) is 5.49 Å². The third kappa shape index (κ3) is 6.51. The number of hydrogen-bond acceptors (Lipinski definition) is 0. The van der Waals surface area contributed by atoms with E-state index < -0.39 is 25.6 Å². The minimum absolute atomic E-state index is 0. The molecule has 0 bridgehead atoms. The fraction of sp³-hybridized carbons (Fsp3) is 0.412. The second kappa shape index (κ2) is 12.7. The van der Waals surface area contributed by atoms with Crippen LogP contribution in [0.4, 0.5) is 0 Å². The Balaban J connectivity index is 0.00000253. The standard InChI is InChI=1S/C12H10Si.2C11H17.2ClH.Hf/c1-3-7-11(8-4-1)13-12-9-5-2-6-10-12;2*1-8-6-9(2)10(7-8)11(3,4)5;;;/h1-10H;2*7-8H,1-5H3;2*1H;/q;;;;;+2/p-2. The Bertz CT molecular complexity index is 1210. The predicted molar refractivity (Wildman–Crippen MR) is 157 cm³/mol. The SMILES string of the molecule is CC1=[C]([Hf+2]([C]2=C(C)C(C(C)(C)C)=CC2C)=[Si](c2ccccc2)c2ccccc2)C(C)C=C1C(C)(C)C.[Cl-].[Cl-]. The molecule has 0 aliphatic heterocycles. The van der Waals surface area contributed by atoms with Crippen molar-refractivity contribution >= 4 is 15.9 Å². The molecular weight excluding hydrogens is 686 g/mol. The minimum Gasteiger partial charge on any atom is -1.00 e. The molecule has 38 heavy (non-hydrogen) atoms. The largest absolute Gasteiger partial charge is 1.00 e. The maximum absolute atomic E-state index is 2.68. The molecule has 0 amide bonds. The number of halogens is 2. The van der Waals surface area contributed by atoms with E-state index in [-0.39, 0.29) is 35.6 Å². The molecule has 0 saturated carbocycles. The van der Waals surface area contributed by atoms with Crippen LogP contribution >= 0.6 is 0 Å². The monoisotopic (exact) mass is 730 g/mol. The third-order valence-electron chi connectivity index (χ3n) is 7.89. The van der Waals surface area contributed by atoms with Crippen molar-refractivity contribution in [1.29, 1.82) is 0 Å². The van der Waals surface area contributed by atoms with Gasteiger partial charge < -0.3 is 24.8 Å². The van der Waals surface area contributed by atoms with Crippen LogP contribution in [-0.2, 0) is 20.1 Å². The van der Waals surface area contributed by atoms with Crippen LogP contribution in [0.3, 0.4) is 0 Å². The van der Waals surface area contributed by atoms with Crippen LogP contribution in [0.15, 0.2) is 102 Å². The second-order valence-corrected chi connectivity index (χ2v) is 30.7. The van der Waals surface area contributed by atoms with Gasteiger partial charge in [-0.05, 0) is 0 Å². The average molecular weight is 730 g/mol. The number of allylic oxidation sites excluding steroid dienone is 8. The van der Waals surface area contributed by atoms with E-state index in [4.69, 9.17) is 0 Å². The van der Waals surface area contributed by atoms with Gasteiger partial charge in [0, 0.05) is 0 Å². The molecule has 2 aromatic carbocycles. The summed E-state index contributed by atoms with van der Waals surface area (Å²) in [6, 6.07) is 23.2. The van der Waals surface area contributed by atoms with Crippen LogP contribution in [0.25, 0.3) is 0 Å². The summed E-state index contributed by atoms with van der Waals surface area (Å²) in [5.41, 5.74) is 5.86. The molecular formula is C34H44Cl2HfSi. The molecule has 0 N–H and O–H groups in total. The molecule has 0 aromatic heterocycles. The molecule has 2 atom stereocenters. The summed E-state index contributed by atoms with van der Waals surface area (Å²) in [6.07, 6.45) is 5.25. The molecule has 0 saturated heterocycles. The number of hydrogen-bond donors (Lipinski definition) is 0. The van der Waals surface area contributed by atoms with Crippen LogP contribution in [0.1, 0.15) is 69.2 Å². The van der Waals surface area contributed by atoms with Crippen molar-refractivity contribution in [2.75, 3.05) is 0 Å². The number of benzene rings is 2. The van der Waals surface area contributed by atoms with Crippen molar-refractivity contribution < 1.29 is 44.9 Å². The molecule has 0 nitrogen and oxygen atoms in total. The van der Waals surface area contributed by atoms with E-state index in [1.165, 1.54) is 0 Å². The van der Waals surface area contributed by atoms with Gasteiger partial charge in [-0.1, -0.05) is 0 Å². The van der Waals surface area contributed by atoms with Gasteiger partial charge in [0.25, 0.3) is 0 Å². The summed E-state index contributed by atoms with van der Waals surface area (Å²) >= 11 is -2.68. The zero-order valence-corrected chi connectivity index (χ0v) is 30.9. The molecule has 0 radical (unpaired) electrons. The quantitative estimate of drug-likeness (QED) is 0.424. The first-order chi connectivity index (χ1) is 16.8. The molecule has 2 aromatic rings. The molecule has 2 aliphatic rings. The van der Waals surface area contributed by atoms with E-state index in [0.29, 0.717) is 11.8 Å². The second-order valence-electron chi connectivity index (χ2n) is 12.8. The van der Waals surface area contributed by atoms with Crippen LogP contribution in [0.5, 0.6) is 0 Å². The van der Waals surface area contributed by atoms with Gasteiger partial charge in [0.15, 0.2) is 0 Å². The van der Waals surface area contributed by atoms with Crippen LogP contribution < -0.4 is 35.2 Å². The average Bonchev–Trinajstić information content (AvgIpc) is 3.28. The van der Waals surface area contributed by atoms with Crippen molar-refractivity contribution in [2.24, 2.45) is 22.7 Å². The summed E-state index contributed by atoms with van der Waals surface area (Å²) < 4.78 is 3.74. The van der Waals surface area contributed by atoms with Gasteiger partial charge in [0.2, 0.25) is 0 Å². The van der Waals surface area contributed by atoms with E-state index in [2.05, 4.69) is 142 Å². The van der Waals surface area contributed by atoms with Gasteiger partial charge in [0.1, 0.15) is 0 Å². The number of rotatable bonds is 4. The maximum Gasteiger partial charge on any atom is -1.00 e. The summed E-state index contributed by atoms with van der Waals surface area (Å²) in [4.78, 5) is 0. The van der Waals surface area contributed by atoms with Crippen LogP contribution in [0.2, 0.25) is 0 Å². The molecule has 2 unspecified atom stereocenters. The summed E-state index contributed by atoms with van der Waals surface area (Å²) in [5.74, 6) is 1.08. The summed E-state index contributed by atoms with van der Waals surface area (Å²) in [7, 11) is 0. The molecule has 0 fully saturated rings. The van der Waals surface area contributed by atoms with Gasteiger partial charge in [-0.25, -0.2) is 0 Å². The first-order valence-electron chi connectivity index (χ1n) is 13.5. The first-order valence-corrected chi connectivity index (χ1v) is 24.0. The molecule has 4 heteroatoms. The van der Waals surface area contributed by atoms with Crippen molar-refractivity contribution in [1.82, 2.24) is 0 Å². The zero-order chi connectivity index (χ0) is 26.4. The Labute approximate surface area is 252 Å². The third-order valence-corrected chi connectivity index (χ3v) is 36.1. The first kappa shape index (κ1) is 33.3. The molecule has 0 spiro atoms. The van der Waals surface area contributed by atoms with E-state index in [1.54, 1.807) is 32.7 Å². The Morgan fingerprint density at radius 1 is 0.579 bits per heavy atom.